The van der Waals surface area contributed by atoms with E-state index in [2.05, 4.69) is 22.1 Å². The zero-order valence-corrected chi connectivity index (χ0v) is 26.8. The number of esters is 1. The Bertz CT molecular complexity index is 1680. The summed E-state index contributed by atoms with van der Waals surface area (Å²) in [6.45, 7) is 10.9. The number of rotatable bonds is 11. The van der Waals surface area contributed by atoms with Gasteiger partial charge < -0.3 is 29.8 Å². The number of allylic oxidation sites excluding steroid dienone is 2. The number of phenolic OH excluding ortho intramolecular Hbond substituents is 1. The molecule has 45 heavy (non-hydrogen) atoms. The van der Waals surface area contributed by atoms with Crippen LogP contribution in [0.5, 0.6) is 11.5 Å². The number of Topliss-reactive ketones (excluding diaryl/α,β-unsaturated/α-hetero) is 1. The molecular weight excluding hydrogens is 570 g/mol. The standard InChI is InChI=1S/C36H43N3O6/c1-23-19-24(33(43)27-11-8-9-12-30(27)40)21-39-18-16-26-28-20-25(14-15-29(28)38-34(26)36(23,39)5)44-22-31(41)37-17-10-6-7-13-32(42)45-35(2,3)4/h8-9,11-12,14-15,19-21,38,40H,6-7,10,13,16-18,22H2,1-5H3,(H,37,41)/t36-/m0/s1. The number of ether oxygens (including phenoxy) is 2. The number of ketones is 1. The van der Waals surface area contributed by atoms with Crippen molar-refractivity contribution in [1.29, 1.82) is 0 Å². The van der Waals surface area contributed by atoms with Gasteiger partial charge in [0, 0.05) is 47.9 Å². The molecule has 0 radical (unpaired) electrons. The predicted molar refractivity (Wildman–Crippen MR) is 173 cm³/mol. The molecule has 0 saturated carbocycles. The number of H-pyrrole nitrogens is 1. The van der Waals surface area contributed by atoms with Gasteiger partial charge in [0.2, 0.25) is 0 Å². The van der Waals surface area contributed by atoms with Crippen LogP contribution in [0.2, 0.25) is 0 Å². The van der Waals surface area contributed by atoms with Gasteiger partial charge in [0.05, 0.1) is 11.1 Å². The van der Waals surface area contributed by atoms with Gasteiger partial charge in [0.25, 0.3) is 5.91 Å². The van der Waals surface area contributed by atoms with E-state index in [-0.39, 0.29) is 35.6 Å². The first-order chi connectivity index (χ1) is 21.4. The van der Waals surface area contributed by atoms with Crippen molar-refractivity contribution in [2.24, 2.45) is 0 Å². The minimum atomic E-state index is -0.471. The molecule has 3 N–H and O–H groups in total. The smallest absolute Gasteiger partial charge is 0.306 e. The zero-order chi connectivity index (χ0) is 32.4. The van der Waals surface area contributed by atoms with Crippen molar-refractivity contribution in [3.63, 3.8) is 0 Å². The van der Waals surface area contributed by atoms with E-state index in [0.29, 0.717) is 30.8 Å². The fourth-order valence-electron chi connectivity index (χ4n) is 6.12. The van der Waals surface area contributed by atoms with Crippen molar-refractivity contribution >= 4 is 28.6 Å². The molecule has 2 aliphatic rings. The molecule has 1 amide bonds. The number of aromatic hydroxyl groups is 1. The van der Waals surface area contributed by atoms with Crippen LogP contribution in [0.1, 0.15) is 81.9 Å². The first-order valence-corrected chi connectivity index (χ1v) is 15.6. The minimum Gasteiger partial charge on any atom is -0.507 e. The summed E-state index contributed by atoms with van der Waals surface area (Å²) in [5.74, 6) is 0.00433. The second kappa shape index (κ2) is 12.8. The van der Waals surface area contributed by atoms with E-state index in [1.165, 1.54) is 11.6 Å². The Labute approximate surface area is 264 Å². The van der Waals surface area contributed by atoms with Crippen molar-refractivity contribution in [2.75, 3.05) is 19.7 Å². The van der Waals surface area contributed by atoms with Gasteiger partial charge in [-0.15, -0.1) is 0 Å². The highest BCUT2D eigenvalue weighted by Gasteiger charge is 2.43. The van der Waals surface area contributed by atoms with Crippen LogP contribution in [0, 0.1) is 0 Å². The number of hydrogen-bond acceptors (Lipinski definition) is 7. The molecule has 2 aromatic carbocycles. The highest BCUT2D eigenvalue weighted by Crippen LogP contribution is 2.46. The van der Waals surface area contributed by atoms with Crippen molar-refractivity contribution in [3.8, 4) is 11.5 Å². The molecule has 9 nitrogen and oxygen atoms in total. The lowest BCUT2D eigenvalue weighted by atomic mass is 9.78. The van der Waals surface area contributed by atoms with Gasteiger partial charge in [-0.25, -0.2) is 0 Å². The molecule has 0 spiro atoms. The SMILES string of the molecule is CC1=CC(C(=O)c2ccccc2O)=CN2CCc3c([nH]c4ccc(OCC(=O)NCCCCCC(=O)OC(C)(C)C)cc34)[C@]12C. The maximum absolute atomic E-state index is 13.3. The Balaban J connectivity index is 1.18. The molecule has 0 saturated heterocycles. The number of hydrogen-bond donors (Lipinski definition) is 3. The largest absolute Gasteiger partial charge is 0.507 e. The first-order valence-electron chi connectivity index (χ1n) is 15.6. The average molecular weight is 614 g/mol. The number of unbranched alkanes of at least 4 members (excludes halogenated alkanes) is 2. The topological polar surface area (TPSA) is 121 Å². The molecular formula is C36H43N3O6. The Morgan fingerprint density at radius 1 is 1.09 bits per heavy atom. The normalized spacial score (nSPS) is 17.6. The maximum Gasteiger partial charge on any atom is 0.306 e. The van der Waals surface area contributed by atoms with Gasteiger partial charge in [0.1, 0.15) is 17.1 Å². The van der Waals surface area contributed by atoms with Crippen LogP contribution in [0.25, 0.3) is 10.9 Å². The number of carbonyl (C=O) groups excluding carboxylic acids is 3. The quantitative estimate of drug-likeness (QED) is 0.136. The number of aromatic amines is 1. The minimum absolute atomic E-state index is 0.0259. The van der Waals surface area contributed by atoms with Gasteiger partial charge in [-0.3, -0.25) is 14.4 Å². The number of para-hydroxylation sites is 1. The van der Waals surface area contributed by atoms with Crippen LogP contribution in [0.3, 0.4) is 0 Å². The number of nitrogens with one attached hydrogen (secondary N) is 2. The predicted octanol–water partition coefficient (Wildman–Crippen LogP) is 6.07. The van der Waals surface area contributed by atoms with E-state index < -0.39 is 11.1 Å². The zero-order valence-electron chi connectivity index (χ0n) is 26.8. The number of nitrogens with zero attached hydrogens (tertiary/aromatic N) is 1. The third-order valence-electron chi connectivity index (χ3n) is 8.56. The second-order valence-corrected chi connectivity index (χ2v) is 13.0. The first kappa shape index (κ1) is 31.9. The number of benzene rings is 2. The van der Waals surface area contributed by atoms with Crippen LogP contribution < -0.4 is 10.1 Å². The molecule has 1 aromatic heterocycles. The Morgan fingerprint density at radius 2 is 1.87 bits per heavy atom. The number of fused-ring (bicyclic) bond motifs is 5. The summed E-state index contributed by atoms with van der Waals surface area (Å²) in [4.78, 5) is 43.3. The number of aromatic nitrogens is 1. The third-order valence-corrected chi connectivity index (χ3v) is 8.56. The summed E-state index contributed by atoms with van der Waals surface area (Å²) in [5, 5.41) is 14.2. The highest BCUT2D eigenvalue weighted by molar-refractivity contribution is 6.12. The molecule has 3 aromatic rings. The van der Waals surface area contributed by atoms with Gasteiger partial charge >= 0.3 is 5.97 Å². The Hall–Kier alpha value is -4.53. The van der Waals surface area contributed by atoms with E-state index in [1.807, 2.05) is 58.2 Å². The van der Waals surface area contributed by atoms with E-state index in [1.54, 1.807) is 18.2 Å². The molecule has 1 atom stereocenters. The summed E-state index contributed by atoms with van der Waals surface area (Å²) in [6, 6.07) is 12.4. The van der Waals surface area contributed by atoms with Crippen LogP contribution in [0.4, 0.5) is 0 Å². The Kier molecular flexibility index (Phi) is 9.09. The molecule has 9 heteroatoms. The van der Waals surface area contributed by atoms with Crippen LogP contribution >= 0.6 is 0 Å². The third kappa shape index (κ3) is 6.92. The lowest BCUT2D eigenvalue weighted by Crippen LogP contribution is -2.48. The Morgan fingerprint density at radius 3 is 2.62 bits per heavy atom. The van der Waals surface area contributed by atoms with Crippen molar-refractivity contribution in [2.45, 2.75) is 77.9 Å². The van der Waals surface area contributed by atoms with Crippen molar-refractivity contribution in [3.05, 3.63) is 82.7 Å². The van der Waals surface area contributed by atoms with Crippen LogP contribution in [0.15, 0.2) is 65.9 Å². The molecule has 5 rings (SSSR count). The summed E-state index contributed by atoms with van der Waals surface area (Å²) >= 11 is 0. The lowest BCUT2D eigenvalue weighted by molar-refractivity contribution is -0.154. The average Bonchev–Trinajstić information content (AvgIpc) is 3.36. The molecule has 2 aliphatic heterocycles. The van der Waals surface area contributed by atoms with Crippen molar-refractivity contribution in [1.82, 2.24) is 15.2 Å². The van der Waals surface area contributed by atoms with E-state index in [4.69, 9.17) is 9.47 Å². The molecule has 3 heterocycles. The van der Waals surface area contributed by atoms with Crippen LogP contribution in [-0.2, 0) is 26.3 Å². The van der Waals surface area contributed by atoms with Gasteiger partial charge in [0.15, 0.2) is 12.4 Å². The fraction of sp³-hybridized carbons (Fsp3) is 0.417. The van der Waals surface area contributed by atoms with Gasteiger partial charge in [-0.05, 0) is 101 Å². The van der Waals surface area contributed by atoms with Gasteiger partial charge in [-0.2, -0.15) is 0 Å². The maximum atomic E-state index is 13.3. The molecule has 0 unspecified atom stereocenters. The number of amides is 1. The summed E-state index contributed by atoms with van der Waals surface area (Å²) < 4.78 is 11.2. The van der Waals surface area contributed by atoms with Gasteiger partial charge in [-0.1, -0.05) is 18.6 Å². The number of carbonyl (C=O) groups is 3. The highest BCUT2D eigenvalue weighted by atomic mass is 16.6. The summed E-state index contributed by atoms with van der Waals surface area (Å²) in [5.41, 5.74) is 4.17. The molecule has 0 fully saturated rings. The van der Waals surface area contributed by atoms with E-state index in [0.717, 1.165) is 47.9 Å². The fourth-order valence-corrected chi connectivity index (χ4v) is 6.12. The monoisotopic (exact) mass is 613 g/mol. The lowest BCUT2D eigenvalue weighted by Gasteiger charge is -2.47. The molecule has 0 bridgehead atoms. The van der Waals surface area contributed by atoms with Crippen molar-refractivity contribution < 1.29 is 29.0 Å². The molecule has 0 aliphatic carbocycles. The summed E-state index contributed by atoms with van der Waals surface area (Å²) in [7, 11) is 0. The van der Waals surface area contributed by atoms with E-state index in [9.17, 15) is 19.5 Å². The summed E-state index contributed by atoms with van der Waals surface area (Å²) in [6.07, 6.45) is 7.30. The molecule has 238 valence electrons. The second-order valence-electron chi connectivity index (χ2n) is 13.0. The number of phenols is 1. The van der Waals surface area contributed by atoms with E-state index >= 15 is 0 Å². The van der Waals surface area contributed by atoms with Crippen LogP contribution in [-0.4, -0.2) is 57.9 Å².